The molecule has 2 N–H and O–H groups in total. The number of anilines is 1. The Morgan fingerprint density at radius 2 is 1.79 bits per heavy atom. The fourth-order valence-electron chi connectivity index (χ4n) is 2.98. The summed E-state index contributed by atoms with van der Waals surface area (Å²) < 4.78 is 36.3. The number of amides is 1. The molecule has 0 bridgehead atoms. The fraction of sp³-hybridized carbons (Fsp3) is 0.600. The number of carbonyl (C=O) groups excluding carboxylic acids is 2. The molecule has 0 aromatic heterocycles. The van der Waals surface area contributed by atoms with Crippen LogP contribution in [0.1, 0.15) is 46.5 Å². The van der Waals surface area contributed by atoms with E-state index in [1.165, 1.54) is 7.11 Å². The largest absolute Gasteiger partial charge is 0.482 e. The monoisotopic (exact) mass is 426 g/mol. The van der Waals surface area contributed by atoms with Gasteiger partial charge < -0.3 is 14.8 Å². The summed E-state index contributed by atoms with van der Waals surface area (Å²) in [5.41, 5.74) is 0.577. The minimum atomic E-state index is -3.40. The Bertz CT molecular complexity index is 824. The van der Waals surface area contributed by atoms with Gasteiger partial charge in [0.05, 0.1) is 11.9 Å². The van der Waals surface area contributed by atoms with E-state index in [4.69, 9.17) is 4.74 Å². The third-order valence-corrected chi connectivity index (χ3v) is 7.17. The second-order valence-corrected chi connectivity index (χ2v) is 10.6. The first-order valence-corrected chi connectivity index (χ1v) is 11.1. The molecule has 162 valence electrons. The second kappa shape index (κ2) is 9.58. The van der Waals surface area contributed by atoms with Crippen molar-refractivity contribution in [2.75, 3.05) is 19.0 Å². The lowest BCUT2D eigenvalue weighted by Gasteiger charge is -2.30. The number of sulfonamides is 1. The smallest absolute Gasteiger partial charge is 0.343 e. The van der Waals surface area contributed by atoms with Crippen LogP contribution in [0.4, 0.5) is 5.69 Å². The topological polar surface area (TPSA) is 111 Å². The van der Waals surface area contributed by atoms with Gasteiger partial charge in [0.15, 0.2) is 6.61 Å². The van der Waals surface area contributed by atoms with Crippen molar-refractivity contribution in [1.82, 2.24) is 4.72 Å². The molecule has 1 saturated carbocycles. The van der Waals surface area contributed by atoms with Crippen molar-refractivity contribution in [3.05, 3.63) is 24.3 Å². The Morgan fingerprint density at radius 1 is 1.14 bits per heavy atom. The Hall–Kier alpha value is -2.13. The number of nitrogens with one attached hydrogen (secondary N) is 2. The first-order valence-electron chi connectivity index (χ1n) is 9.64. The van der Waals surface area contributed by atoms with E-state index in [1.807, 2.05) is 0 Å². The molecule has 1 aromatic rings. The maximum atomic E-state index is 12.6. The van der Waals surface area contributed by atoms with E-state index in [1.54, 1.807) is 45.0 Å². The molecule has 1 fully saturated rings. The maximum Gasteiger partial charge on any atom is 0.343 e. The molecule has 0 atom stereocenters. The van der Waals surface area contributed by atoms with Crippen molar-refractivity contribution in [2.24, 2.45) is 5.92 Å². The summed E-state index contributed by atoms with van der Waals surface area (Å²) in [7, 11) is -2.12. The van der Waals surface area contributed by atoms with Gasteiger partial charge in [-0.1, -0.05) is 6.07 Å². The molecule has 9 heteroatoms. The van der Waals surface area contributed by atoms with E-state index in [9.17, 15) is 18.0 Å². The maximum absolute atomic E-state index is 12.6. The number of ether oxygens (including phenoxy) is 2. The average Bonchev–Trinajstić information content (AvgIpc) is 2.65. The van der Waals surface area contributed by atoms with Gasteiger partial charge in [-0.15, -0.1) is 0 Å². The Morgan fingerprint density at radius 3 is 2.38 bits per heavy atom. The predicted molar refractivity (Wildman–Crippen MR) is 110 cm³/mol. The van der Waals surface area contributed by atoms with Crippen molar-refractivity contribution in [2.45, 2.75) is 57.2 Å². The zero-order chi connectivity index (χ0) is 21.7. The molecule has 0 aliphatic heterocycles. The van der Waals surface area contributed by atoms with E-state index >= 15 is 0 Å². The van der Waals surface area contributed by atoms with Gasteiger partial charge in [0.25, 0.3) is 0 Å². The molecule has 2 rings (SSSR count). The van der Waals surface area contributed by atoms with E-state index in [0.717, 1.165) is 0 Å². The number of hydrogen-bond acceptors (Lipinski definition) is 6. The van der Waals surface area contributed by atoms with E-state index in [0.29, 0.717) is 37.1 Å². The average molecular weight is 427 g/mol. The third-order valence-electron chi connectivity index (χ3n) is 4.91. The quantitative estimate of drug-likeness (QED) is 0.648. The molecule has 8 nitrogen and oxygen atoms in total. The molecule has 0 unspecified atom stereocenters. The Kier molecular flexibility index (Phi) is 7.65. The van der Waals surface area contributed by atoms with Crippen LogP contribution < -0.4 is 14.8 Å². The lowest BCUT2D eigenvalue weighted by Crippen LogP contribution is -2.46. The number of esters is 1. The molecule has 0 radical (unpaired) electrons. The van der Waals surface area contributed by atoms with Crippen molar-refractivity contribution < 1.29 is 27.5 Å². The molecule has 0 spiro atoms. The van der Waals surface area contributed by atoms with Crippen molar-refractivity contribution in [1.29, 1.82) is 0 Å². The summed E-state index contributed by atoms with van der Waals surface area (Å²) in [5.74, 6) is -0.316. The van der Waals surface area contributed by atoms with E-state index in [2.05, 4.69) is 14.8 Å². The molecule has 1 aliphatic rings. The van der Waals surface area contributed by atoms with Gasteiger partial charge >= 0.3 is 5.97 Å². The SMILES string of the molecule is COC(=O)COc1cccc(NC(=O)[C@H]2CC[C@H](NS(=O)(=O)C(C)(C)C)CC2)c1. The zero-order valence-electron chi connectivity index (χ0n) is 17.4. The van der Waals surface area contributed by atoms with Crippen LogP contribution >= 0.6 is 0 Å². The van der Waals surface area contributed by atoms with Crippen LogP contribution in [0.15, 0.2) is 24.3 Å². The highest BCUT2D eigenvalue weighted by atomic mass is 32.2. The number of carbonyl (C=O) groups is 2. The minimum Gasteiger partial charge on any atom is -0.482 e. The molecule has 0 saturated heterocycles. The number of hydrogen-bond donors (Lipinski definition) is 2. The van der Waals surface area contributed by atoms with E-state index in [-0.39, 0.29) is 24.5 Å². The van der Waals surface area contributed by atoms with Gasteiger partial charge in [-0.25, -0.2) is 17.9 Å². The fourth-order valence-corrected chi connectivity index (χ4v) is 4.01. The Balaban J connectivity index is 1.86. The predicted octanol–water partition coefficient (Wildman–Crippen LogP) is 2.45. The highest BCUT2D eigenvalue weighted by Gasteiger charge is 2.34. The van der Waals surface area contributed by atoms with Crippen LogP contribution in [0.25, 0.3) is 0 Å². The van der Waals surface area contributed by atoms with Crippen molar-refractivity contribution >= 4 is 27.6 Å². The van der Waals surface area contributed by atoms with Gasteiger partial charge in [-0.2, -0.15) is 0 Å². The molecule has 29 heavy (non-hydrogen) atoms. The van der Waals surface area contributed by atoms with Crippen LogP contribution in [0.3, 0.4) is 0 Å². The van der Waals surface area contributed by atoms with Gasteiger partial charge in [0.1, 0.15) is 5.75 Å². The molecule has 0 heterocycles. The molecular weight excluding hydrogens is 396 g/mol. The summed E-state index contributed by atoms with van der Waals surface area (Å²) in [5, 5.41) is 2.87. The lowest BCUT2D eigenvalue weighted by molar-refractivity contribution is -0.142. The minimum absolute atomic E-state index is 0.104. The normalized spacial score (nSPS) is 20.0. The summed E-state index contributed by atoms with van der Waals surface area (Å²) in [6.45, 7) is 4.79. The third kappa shape index (κ3) is 6.71. The van der Waals surface area contributed by atoms with Gasteiger partial charge in [-0.05, 0) is 58.6 Å². The van der Waals surface area contributed by atoms with Crippen molar-refractivity contribution in [3.8, 4) is 5.75 Å². The van der Waals surface area contributed by atoms with Crippen LogP contribution in [-0.2, 0) is 24.3 Å². The van der Waals surface area contributed by atoms with Crippen molar-refractivity contribution in [3.63, 3.8) is 0 Å². The number of rotatable bonds is 7. The number of benzene rings is 1. The Labute approximate surface area is 172 Å². The molecule has 1 aliphatic carbocycles. The molecule has 1 amide bonds. The van der Waals surface area contributed by atoms with Gasteiger partial charge in [0, 0.05) is 23.7 Å². The number of methoxy groups -OCH3 is 1. The lowest BCUT2D eigenvalue weighted by atomic mass is 9.86. The van der Waals surface area contributed by atoms with Crippen LogP contribution in [0.5, 0.6) is 5.75 Å². The van der Waals surface area contributed by atoms with Gasteiger partial charge in [0.2, 0.25) is 15.9 Å². The zero-order valence-corrected chi connectivity index (χ0v) is 18.2. The van der Waals surface area contributed by atoms with Crippen LogP contribution in [-0.4, -0.2) is 44.8 Å². The second-order valence-electron chi connectivity index (χ2n) is 8.16. The van der Waals surface area contributed by atoms with Gasteiger partial charge in [-0.3, -0.25) is 4.79 Å². The highest BCUT2D eigenvalue weighted by Crippen LogP contribution is 2.28. The summed E-state index contributed by atoms with van der Waals surface area (Å²) in [6.07, 6.45) is 2.47. The van der Waals surface area contributed by atoms with E-state index < -0.39 is 20.7 Å². The summed E-state index contributed by atoms with van der Waals surface area (Å²) in [6, 6.07) is 6.65. The van der Waals surface area contributed by atoms with Crippen LogP contribution in [0.2, 0.25) is 0 Å². The molecule has 1 aromatic carbocycles. The summed E-state index contributed by atoms with van der Waals surface area (Å²) in [4.78, 5) is 23.7. The molecular formula is C20H30N2O6S. The van der Waals surface area contributed by atoms with Crippen LogP contribution in [0, 0.1) is 5.92 Å². The standard InChI is InChI=1S/C20H30N2O6S/c1-20(2,3)29(25,26)22-15-10-8-14(9-11-15)19(24)21-16-6-5-7-17(12-16)28-13-18(23)27-4/h5-7,12,14-15,22H,8-11,13H2,1-4H3,(H,21,24)/t14-,15-. The first kappa shape index (κ1) is 23.2. The highest BCUT2D eigenvalue weighted by molar-refractivity contribution is 7.90. The first-order chi connectivity index (χ1) is 13.5. The summed E-state index contributed by atoms with van der Waals surface area (Å²) >= 11 is 0.